The van der Waals surface area contributed by atoms with Gasteiger partial charge in [0.2, 0.25) is 0 Å². The van der Waals surface area contributed by atoms with Crippen molar-refractivity contribution in [3.05, 3.63) is 109 Å². The number of rotatable bonds is 62. The van der Waals surface area contributed by atoms with Crippen LogP contribution in [0.15, 0.2) is 109 Å². The maximum Gasteiger partial charge on any atom is 0.306 e. The van der Waals surface area contributed by atoms with Crippen molar-refractivity contribution in [1.29, 1.82) is 0 Å². The lowest BCUT2D eigenvalue weighted by Gasteiger charge is -2.18. The van der Waals surface area contributed by atoms with Crippen molar-refractivity contribution in [2.24, 2.45) is 0 Å². The van der Waals surface area contributed by atoms with Crippen LogP contribution >= 0.6 is 0 Å². The predicted molar refractivity (Wildman–Crippen MR) is 353 cm³/mol. The number of hydrogen-bond acceptors (Lipinski definition) is 6. The van der Waals surface area contributed by atoms with Crippen LogP contribution in [0, 0.1) is 0 Å². The van der Waals surface area contributed by atoms with Gasteiger partial charge in [0, 0.05) is 19.3 Å². The molecule has 0 amide bonds. The number of carbonyl (C=O) groups is 3. The molecule has 0 heterocycles. The van der Waals surface area contributed by atoms with Crippen LogP contribution in [0.3, 0.4) is 0 Å². The molecule has 81 heavy (non-hydrogen) atoms. The number of allylic oxidation sites excluding steroid dienone is 18. The van der Waals surface area contributed by atoms with E-state index in [0.717, 1.165) is 122 Å². The van der Waals surface area contributed by atoms with Crippen molar-refractivity contribution in [1.82, 2.24) is 0 Å². The van der Waals surface area contributed by atoms with Crippen LogP contribution in [0.4, 0.5) is 0 Å². The van der Waals surface area contributed by atoms with Gasteiger partial charge in [0.1, 0.15) is 13.2 Å². The summed E-state index contributed by atoms with van der Waals surface area (Å²) in [5.41, 5.74) is 0. The largest absolute Gasteiger partial charge is 0.462 e. The van der Waals surface area contributed by atoms with E-state index in [4.69, 9.17) is 14.2 Å². The van der Waals surface area contributed by atoms with E-state index in [0.29, 0.717) is 19.3 Å². The van der Waals surface area contributed by atoms with E-state index in [9.17, 15) is 14.4 Å². The summed E-state index contributed by atoms with van der Waals surface area (Å²) < 4.78 is 16.9. The van der Waals surface area contributed by atoms with Gasteiger partial charge in [-0.2, -0.15) is 0 Å². The second kappa shape index (κ2) is 68.6. The molecule has 0 saturated heterocycles. The molecule has 0 aliphatic carbocycles. The molecule has 0 aromatic heterocycles. The Balaban J connectivity index is 4.18. The average molecular weight is 1130 g/mol. The van der Waals surface area contributed by atoms with Crippen LogP contribution in [0.5, 0.6) is 0 Å². The molecular formula is C75H128O6. The number of unbranched alkanes of at least 4 members (excludes halogenated alkanes) is 33. The molecule has 1 atom stereocenters. The van der Waals surface area contributed by atoms with Crippen LogP contribution in [0.1, 0.15) is 329 Å². The Kier molecular flexibility index (Phi) is 65.2. The molecule has 0 saturated carbocycles. The van der Waals surface area contributed by atoms with Gasteiger partial charge in [0.15, 0.2) is 6.10 Å². The Bertz CT molecular complexity index is 1620. The van der Waals surface area contributed by atoms with Crippen LogP contribution in [-0.2, 0) is 28.6 Å². The minimum atomic E-state index is -0.786. The topological polar surface area (TPSA) is 78.9 Å². The minimum Gasteiger partial charge on any atom is -0.462 e. The number of carbonyl (C=O) groups excluding carboxylic acids is 3. The first-order chi connectivity index (χ1) is 40.0. The Labute approximate surface area is 501 Å². The first kappa shape index (κ1) is 77.1. The lowest BCUT2D eigenvalue weighted by molar-refractivity contribution is -0.167. The van der Waals surface area contributed by atoms with Gasteiger partial charge < -0.3 is 14.2 Å². The summed E-state index contributed by atoms with van der Waals surface area (Å²) >= 11 is 0. The molecular weight excluding hydrogens is 997 g/mol. The van der Waals surface area contributed by atoms with Gasteiger partial charge >= 0.3 is 17.9 Å². The van der Waals surface area contributed by atoms with E-state index < -0.39 is 6.10 Å². The summed E-state index contributed by atoms with van der Waals surface area (Å²) in [6.07, 6.45) is 94.0. The predicted octanol–water partition coefficient (Wildman–Crippen LogP) is 23.8. The fourth-order valence-corrected chi connectivity index (χ4v) is 9.59. The van der Waals surface area contributed by atoms with Crippen molar-refractivity contribution >= 4 is 17.9 Å². The zero-order valence-electron chi connectivity index (χ0n) is 53.3. The van der Waals surface area contributed by atoms with Crippen molar-refractivity contribution in [3.63, 3.8) is 0 Å². The van der Waals surface area contributed by atoms with Gasteiger partial charge in [-0.15, -0.1) is 0 Å². The van der Waals surface area contributed by atoms with Crippen LogP contribution in [0.2, 0.25) is 0 Å². The van der Waals surface area contributed by atoms with E-state index in [1.165, 1.54) is 167 Å². The minimum absolute atomic E-state index is 0.0823. The first-order valence-corrected chi connectivity index (χ1v) is 34.4. The second-order valence-corrected chi connectivity index (χ2v) is 22.7. The molecule has 464 valence electrons. The quantitative estimate of drug-likeness (QED) is 0.0261. The van der Waals surface area contributed by atoms with Crippen molar-refractivity contribution < 1.29 is 28.6 Å². The molecule has 0 radical (unpaired) electrons. The summed E-state index contributed by atoms with van der Waals surface area (Å²) in [7, 11) is 0. The normalized spacial score (nSPS) is 12.8. The van der Waals surface area contributed by atoms with E-state index in [2.05, 4.69) is 130 Å². The molecule has 0 N–H and O–H groups in total. The molecule has 1 unspecified atom stereocenters. The molecule has 0 bridgehead atoms. The summed E-state index contributed by atoms with van der Waals surface area (Å²) in [6, 6.07) is 0. The van der Waals surface area contributed by atoms with Gasteiger partial charge in [-0.1, -0.05) is 291 Å². The van der Waals surface area contributed by atoms with Gasteiger partial charge in [0.05, 0.1) is 0 Å². The molecule has 0 aliphatic rings. The third kappa shape index (κ3) is 66.8. The van der Waals surface area contributed by atoms with E-state index in [1.807, 2.05) is 0 Å². The fraction of sp³-hybridized carbons (Fsp3) is 0.720. The highest BCUT2D eigenvalue weighted by atomic mass is 16.6. The molecule has 0 fully saturated rings. The van der Waals surface area contributed by atoms with Gasteiger partial charge in [-0.05, 0) is 128 Å². The molecule has 0 rings (SSSR count). The van der Waals surface area contributed by atoms with Gasteiger partial charge in [-0.3, -0.25) is 14.4 Å². The zero-order chi connectivity index (χ0) is 58.5. The highest BCUT2D eigenvalue weighted by Gasteiger charge is 2.19. The van der Waals surface area contributed by atoms with Crippen molar-refractivity contribution in [2.45, 2.75) is 335 Å². The Hall–Kier alpha value is -3.93. The van der Waals surface area contributed by atoms with Crippen molar-refractivity contribution in [2.75, 3.05) is 13.2 Å². The van der Waals surface area contributed by atoms with Crippen LogP contribution < -0.4 is 0 Å². The van der Waals surface area contributed by atoms with Crippen molar-refractivity contribution in [3.8, 4) is 0 Å². The number of esters is 3. The third-order valence-corrected chi connectivity index (χ3v) is 14.7. The van der Waals surface area contributed by atoms with Crippen LogP contribution in [-0.4, -0.2) is 37.2 Å². The first-order valence-electron chi connectivity index (χ1n) is 34.4. The Morgan fingerprint density at radius 1 is 0.259 bits per heavy atom. The molecule has 0 aromatic rings. The van der Waals surface area contributed by atoms with Crippen LogP contribution in [0.25, 0.3) is 0 Å². The number of hydrogen-bond donors (Lipinski definition) is 0. The third-order valence-electron chi connectivity index (χ3n) is 14.7. The summed E-state index contributed by atoms with van der Waals surface area (Å²) in [5, 5.41) is 0. The summed E-state index contributed by atoms with van der Waals surface area (Å²) in [4.78, 5) is 38.3. The average Bonchev–Trinajstić information content (AvgIpc) is 3.46. The maximum absolute atomic E-state index is 12.9. The lowest BCUT2D eigenvalue weighted by Crippen LogP contribution is -2.30. The highest BCUT2D eigenvalue weighted by Crippen LogP contribution is 2.16. The SMILES string of the molecule is CC/C=C\C/C=C\C/C=C\C/C=C\C/C=C\C/C=C\C/C=C\CCCCCCCCCCCCCCCC(=O)OCC(COC(=O)CCCCCCC/C=C\CCCCCC)OC(=O)CCCCCCC/C=C\CCCCCCCC. The smallest absolute Gasteiger partial charge is 0.306 e. The maximum atomic E-state index is 12.9. The summed E-state index contributed by atoms with van der Waals surface area (Å²) in [6.45, 7) is 6.51. The fourth-order valence-electron chi connectivity index (χ4n) is 9.59. The molecule has 6 heteroatoms. The standard InChI is InChI=1S/C75H128O6/c1-4-7-10-13-16-19-22-25-27-28-29-30-31-32-33-34-35-36-37-38-39-40-41-42-43-44-45-46-48-50-53-56-59-62-65-68-74(77)80-71-72(70-79-73(76)67-64-61-58-55-52-49-24-21-18-15-12-9-6-3)81-75(78)69-66-63-60-57-54-51-47-26-23-20-17-14-11-8-5-2/h7,10,16,19,21,24-27,29-30,32-33,35-36,38-39,47,72H,4-6,8-9,11-15,17-18,20,22-23,28,31,34,37,40-46,48-71H2,1-3H3/b10-7-,19-16-,24-21-,27-25-,30-29-,33-32-,36-35-,39-38-,47-26-. The molecule has 0 aliphatic heterocycles. The highest BCUT2D eigenvalue weighted by molar-refractivity contribution is 5.71. The van der Waals surface area contributed by atoms with E-state index in [1.54, 1.807) is 0 Å². The van der Waals surface area contributed by atoms with Gasteiger partial charge in [0.25, 0.3) is 0 Å². The second-order valence-electron chi connectivity index (χ2n) is 22.7. The molecule has 6 nitrogen and oxygen atoms in total. The molecule has 0 aromatic carbocycles. The monoisotopic (exact) mass is 1120 g/mol. The summed E-state index contributed by atoms with van der Waals surface area (Å²) in [5.74, 6) is -0.890. The van der Waals surface area contributed by atoms with E-state index >= 15 is 0 Å². The van der Waals surface area contributed by atoms with E-state index in [-0.39, 0.29) is 31.1 Å². The Morgan fingerprint density at radius 2 is 0.481 bits per heavy atom. The number of ether oxygens (including phenoxy) is 3. The zero-order valence-corrected chi connectivity index (χ0v) is 53.3. The lowest BCUT2D eigenvalue weighted by atomic mass is 10.0. The van der Waals surface area contributed by atoms with Gasteiger partial charge in [-0.25, -0.2) is 0 Å². The molecule has 0 spiro atoms. The Morgan fingerprint density at radius 3 is 0.778 bits per heavy atom.